The number of pyridine rings is 1. The Morgan fingerprint density at radius 2 is 2.00 bits per heavy atom. The van der Waals surface area contributed by atoms with Gasteiger partial charge in [-0.3, -0.25) is 4.79 Å². The summed E-state index contributed by atoms with van der Waals surface area (Å²) in [7, 11) is 0. The molecule has 0 radical (unpaired) electrons. The summed E-state index contributed by atoms with van der Waals surface area (Å²) in [5.74, 6) is -0.0153. The first kappa shape index (κ1) is 14.9. The number of nitrogens with zero attached hydrogens (tertiary/aromatic N) is 1. The van der Waals surface area contributed by atoms with Crippen LogP contribution in [0.2, 0.25) is 5.15 Å². The van der Waals surface area contributed by atoms with E-state index in [0.717, 1.165) is 32.5 Å². The predicted octanol–water partition coefficient (Wildman–Crippen LogP) is 5.46. The summed E-state index contributed by atoms with van der Waals surface area (Å²) in [6.45, 7) is 4.01. The normalized spacial score (nSPS) is 11.4. The Hall–Kier alpha value is -1.97. The standard InChI is InChI=1S/C18H14ClNOS/c1-11-3-5-15-14(7-11)9-13(18(19)20-15)4-6-16(21)17-8-12(2)10-22-17/h3-10H,1-2H3/b6-4+. The molecule has 0 aliphatic carbocycles. The zero-order chi connectivity index (χ0) is 15.7. The summed E-state index contributed by atoms with van der Waals surface area (Å²) < 4.78 is 0. The van der Waals surface area contributed by atoms with Gasteiger partial charge in [0.05, 0.1) is 10.4 Å². The lowest BCUT2D eigenvalue weighted by Gasteiger charge is -2.03. The van der Waals surface area contributed by atoms with Crippen molar-refractivity contribution < 1.29 is 4.79 Å². The number of hydrogen-bond acceptors (Lipinski definition) is 3. The molecule has 0 N–H and O–H groups in total. The lowest BCUT2D eigenvalue weighted by molar-refractivity contribution is 0.105. The molecule has 0 amide bonds. The average molecular weight is 328 g/mol. The number of rotatable bonds is 3. The third-order valence-corrected chi connectivity index (χ3v) is 4.70. The SMILES string of the molecule is Cc1csc(C(=O)/C=C/c2cc3cc(C)ccc3nc2Cl)c1. The van der Waals surface area contributed by atoms with Crippen LogP contribution in [0.5, 0.6) is 0 Å². The lowest BCUT2D eigenvalue weighted by atomic mass is 10.1. The van der Waals surface area contributed by atoms with Crippen LogP contribution < -0.4 is 0 Å². The minimum Gasteiger partial charge on any atom is -0.288 e. The summed E-state index contributed by atoms with van der Waals surface area (Å²) in [4.78, 5) is 17.2. The van der Waals surface area contributed by atoms with Crippen LogP contribution in [-0.4, -0.2) is 10.8 Å². The van der Waals surface area contributed by atoms with E-state index in [1.165, 1.54) is 11.3 Å². The predicted molar refractivity (Wildman–Crippen MR) is 93.9 cm³/mol. The van der Waals surface area contributed by atoms with Crippen LogP contribution in [0.25, 0.3) is 17.0 Å². The van der Waals surface area contributed by atoms with Gasteiger partial charge in [-0.05, 0) is 61.2 Å². The van der Waals surface area contributed by atoms with E-state index in [1.54, 1.807) is 12.2 Å². The monoisotopic (exact) mass is 327 g/mol. The highest BCUT2D eigenvalue weighted by atomic mass is 35.5. The number of ketones is 1. The number of carbonyl (C=O) groups excluding carboxylic acids is 1. The van der Waals surface area contributed by atoms with Gasteiger partial charge in [0, 0.05) is 10.9 Å². The van der Waals surface area contributed by atoms with Gasteiger partial charge >= 0.3 is 0 Å². The first-order valence-corrected chi connectivity index (χ1v) is 8.13. The van der Waals surface area contributed by atoms with Gasteiger partial charge in [0.15, 0.2) is 5.78 Å². The summed E-state index contributed by atoms with van der Waals surface area (Å²) in [6, 6.07) is 9.86. The highest BCUT2D eigenvalue weighted by Gasteiger charge is 2.06. The number of benzene rings is 1. The van der Waals surface area contributed by atoms with Gasteiger partial charge in [0.25, 0.3) is 0 Å². The van der Waals surface area contributed by atoms with Gasteiger partial charge in [0.1, 0.15) is 5.15 Å². The molecule has 0 bridgehead atoms. The Labute approximate surface area is 138 Å². The van der Waals surface area contributed by atoms with Crippen molar-refractivity contribution in [2.45, 2.75) is 13.8 Å². The number of thiophene rings is 1. The van der Waals surface area contributed by atoms with Gasteiger partial charge in [0.2, 0.25) is 0 Å². The van der Waals surface area contributed by atoms with Crippen LogP contribution in [0.15, 0.2) is 41.8 Å². The van der Waals surface area contributed by atoms with Gasteiger partial charge in [-0.2, -0.15) is 0 Å². The minimum atomic E-state index is -0.0153. The van der Waals surface area contributed by atoms with Crippen molar-refractivity contribution >= 4 is 45.7 Å². The highest BCUT2D eigenvalue weighted by molar-refractivity contribution is 7.12. The van der Waals surface area contributed by atoms with Gasteiger partial charge in [-0.1, -0.05) is 23.2 Å². The minimum absolute atomic E-state index is 0.0153. The number of allylic oxidation sites excluding steroid dienone is 1. The molecule has 0 aliphatic rings. The number of hydrogen-bond donors (Lipinski definition) is 0. The first-order valence-electron chi connectivity index (χ1n) is 6.87. The van der Waals surface area contributed by atoms with E-state index in [9.17, 15) is 4.79 Å². The first-order chi connectivity index (χ1) is 10.5. The van der Waals surface area contributed by atoms with Crippen molar-refractivity contribution in [1.29, 1.82) is 0 Å². The Morgan fingerprint density at radius 1 is 1.18 bits per heavy atom. The zero-order valence-electron chi connectivity index (χ0n) is 12.3. The second-order valence-corrected chi connectivity index (χ2v) is 6.52. The molecule has 4 heteroatoms. The average Bonchev–Trinajstić information content (AvgIpc) is 2.92. The Balaban J connectivity index is 1.94. The number of aromatic nitrogens is 1. The zero-order valence-corrected chi connectivity index (χ0v) is 13.8. The van der Waals surface area contributed by atoms with E-state index in [2.05, 4.69) is 11.1 Å². The van der Waals surface area contributed by atoms with Gasteiger partial charge in [-0.25, -0.2) is 4.98 Å². The summed E-state index contributed by atoms with van der Waals surface area (Å²) >= 11 is 7.66. The molecule has 1 aromatic carbocycles. The molecule has 0 unspecified atom stereocenters. The highest BCUT2D eigenvalue weighted by Crippen LogP contribution is 2.23. The van der Waals surface area contributed by atoms with Crippen LogP contribution in [0.1, 0.15) is 26.4 Å². The van der Waals surface area contributed by atoms with Crippen molar-refractivity contribution in [2.75, 3.05) is 0 Å². The van der Waals surface area contributed by atoms with E-state index in [-0.39, 0.29) is 5.78 Å². The van der Waals surface area contributed by atoms with Crippen LogP contribution in [0.3, 0.4) is 0 Å². The van der Waals surface area contributed by atoms with Crippen LogP contribution in [-0.2, 0) is 0 Å². The number of aryl methyl sites for hydroxylation is 2. The Morgan fingerprint density at radius 3 is 2.73 bits per heavy atom. The Bertz CT molecular complexity index is 895. The summed E-state index contributed by atoms with van der Waals surface area (Å²) in [5.41, 5.74) is 3.87. The molecule has 0 atom stereocenters. The van der Waals surface area contributed by atoms with E-state index >= 15 is 0 Å². The molecule has 0 saturated carbocycles. The molecule has 2 aromatic heterocycles. The molecular formula is C18H14ClNOS. The van der Waals surface area contributed by atoms with Crippen molar-refractivity contribution in [3.8, 4) is 0 Å². The molecule has 0 saturated heterocycles. The number of fused-ring (bicyclic) bond motifs is 1. The number of halogens is 1. The fraction of sp³-hybridized carbons (Fsp3) is 0.111. The van der Waals surface area contributed by atoms with Crippen LogP contribution in [0, 0.1) is 13.8 Å². The molecule has 0 aliphatic heterocycles. The maximum absolute atomic E-state index is 12.1. The molecule has 2 heterocycles. The topological polar surface area (TPSA) is 30.0 Å². The molecule has 2 nitrogen and oxygen atoms in total. The van der Waals surface area contributed by atoms with Gasteiger partial charge in [-0.15, -0.1) is 11.3 Å². The van der Waals surface area contributed by atoms with E-state index < -0.39 is 0 Å². The smallest absolute Gasteiger partial charge is 0.195 e. The molecule has 0 spiro atoms. The van der Waals surface area contributed by atoms with Crippen molar-refractivity contribution in [3.05, 3.63) is 68.5 Å². The molecule has 110 valence electrons. The summed E-state index contributed by atoms with van der Waals surface area (Å²) in [5, 5.41) is 3.39. The quantitative estimate of drug-likeness (QED) is 0.363. The third-order valence-electron chi connectivity index (χ3n) is 3.34. The largest absolute Gasteiger partial charge is 0.288 e. The number of carbonyl (C=O) groups is 1. The maximum atomic E-state index is 12.1. The second-order valence-electron chi connectivity index (χ2n) is 5.25. The van der Waals surface area contributed by atoms with Gasteiger partial charge < -0.3 is 0 Å². The molecule has 3 aromatic rings. The van der Waals surface area contributed by atoms with E-state index in [0.29, 0.717) is 5.15 Å². The summed E-state index contributed by atoms with van der Waals surface area (Å²) in [6.07, 6.45) is 3.28. The Kier molecular flexibility index (Phi) is 4.10. The fourth-order valence-electron chi connectivity index (χ4n) is 2.21. The van der Waals surface area contributed by atoms with Crippen molar-refractivity contribution in [3.63, 3.8) is 0 Å². The van der Waals surface area contributed by atoms with Crippen LogP contribution >= 0.6 is 22.9 Å². The third kappa shape index (κ3) is 3.11. The molecule has 3 rings (SSSR count). The lowest BCUT2D eigenvalue weighted by Crippen LogP contribution is -1.90. The van der Waals surface area contributed by atoms with E-state index in [4.69, 9.17) is 11.6 Å². The van der Waals surface area contributed by atoms with Crippen molar-refractivity contribution in [1.82, 2.24) is 4.98 Å². The fourth-order valence-corrected chi connectivity index (χ4v) is 3.24. The second kappa shape index (κ2) is 6.03. The molecule has 0 fully saturated rings. The maximum Gasteiger partial charge on any atom is 0.195 e. The van der Waals surface area contributed by atoms with E-state index in [1.807, 2.05) is 43.5 Å². The molecule has 22 heavy (non-hydrogen) atoms. The van der Waals surface area contributed by atoms with Crippen LogP contribution in [0.4, 0.5) is 0 Å². The molecular weight excluding hydrogens is 314 g/mol. The van der Waals surface area contributed by atoms with Crippen molar-refractivity contribution in [2.24, 2.45) is 0 Å².